The van der Waals surface area contributed by atoms with E-state index in [0.717, 1.165) is 37.1 Å². The molecule has 5 nitrogen and oxygen atoms in total. The number of aryl methyl sites for hydroxylation is 1. The van der Waals surface area contributed by atoms with E-state index < -0.39 is 0 Å². The second-order valence-corrected chi connectivity index (χ2v) is 6.24. The van der Waals surface area contributed by atoms with Gasteiger partial charge in [-0.2, -0.15) is 0 Å². The number of hydrogen-bond acceptors (Lipinski definition) is 3. The van der Waals surface area contributed by atoms with Crippen molar-refractivity contribution in [2.24, 2.45) is 13.0 Å². The Balaban J connectivity index is 1.88. The third kappa shape index (κ3) is 2.75. The zero-order valence-electron chi connectivity index (χ0n) is 13.0. The van der Waals surface area contributed by atoms with Crippen LogP contribution in [0.3, 0.4) is 0 Å². The molecule has 0 spiro atoms. The highest BCUT2D eigenvalue weighted by Gasteiger charge is 2.23. The second kappa shape index (κ2) is 5.91. The number of fused-ring (bicyclic) bond motifs is 1. The molecule has 1 aromatic heterocycles. The fourth-order valence-corrected chi connectivity index (χ4v) is 3.08. The number of hydrogen-bond donors (Lipinski definition) is 1. The van der Waals surface area contributed by atoms with Gasteiger partial charge in [-0.25, -0.2) is 4.98 Å². The first kappa shape index (κ1) is 14.8. The first-order valence-corrected chi connectivity index (χ1v) is 7.83. The Bertz CT molecular complexity index is 758. The molecule has 1 amide bonds. The minimum atomic E-state index is -0.356. The van der Waals surface area contributed by atoms with E-state index in [9.17, 15) is 9.59 Å². The zero-order chi connectivity index (χ0) is 15.7. The third-order valence-corrected chi connectivity index (χ3v) is 4.55. The van der Waals surface area contributed by atoms with E-state index in [1.165, 1.54) is 4.57 Å². The summed E-state index contributed by atoms with van der Waals surface area (Å²) in [5.41, 5.74) is 1.03. The zero-order valence-corrected chi connectivity index (χ0v) is 13.0. The van der Waals surface area contributed by atoms with Crippen LogP contribution in [-0.2, 0) is 7.05 Å². The molecule has 5 heteroatoms. The predicted octanol–water partition coefficient (Wildman–Crippen LogP) is 2.24. The van der Waals surface area contributed by atoms with Crippen LogP contribution in [0.2, 0.25) is 0 Å². The Morgan fingerprint density at radius 3 is 2.64 bits per heavy atom. The molecule has 1 aliphatic carbocycles. The molecule has 3 rings (SSSR count). The van der Waals surface area contributed by atoms with Crippen molar-refractivity contribution in [1.82, 2.24) is 14.9 Å². The van der Waals surface area contributed by atoms with Gasteiger partial charge in [0.1, 0.15) is 0 Å². The van der Waals surface area contributed by atoms with E-state index in [1.54, 1.807) is 7.05 Å². The molecule has 116 valence electrons. The molecule has 0 saturated heterocycles. The minimum absolute atomic E-state index is 0.0141. The van der Waals surface area contributed by atoms with E-state index >= 15 is 0 Å². The molecule has 22 heavy (non-hydrogen) atoms. The van der Waals surface area contributed by atoms with Crippen molar-refractivity contribution in [1.29, 1.82) is 0 Å². The van der Waals surface area contributed by atoms with Gasteiger partial charge in [0.2, 0.25) is 0 Å². The molecule has 0 aliphatic heterocycles. The van der Waals surface area contributed by atoms with Crippen molar-refractivity contribution in [3.8, 4) is 0 Å². The van der Waals surface area contributed by atoms with Gasteiger partial charge in [-0.1, -0.05) is 19.1 Å². The molecule has 1 saturated carbocycles. The maximum Gasteiger partial charge on any atom is 0.282 e. The number of amides is 1. The number of benzene rings is 1. The lowest BCUT2D eigenvalue weighted by molar-refractivity contribution is 0.0916. The van der Waals surface area contributed by atoms with Crippen LogP contribution in [0.5, 0.6) is 0 Å². The van der Waals surface area contributed by atoms with Crippen molar-refractivity contribution in [2.45, 2.75) is 38.6 Å². The predicted molar refractivity (Wildman–Crippen MR) is 85.9 cm³/mol. The van der Waals surface area contributed by atoms with Crippen molar-refractivity contribution in [3.05, 3.63) is 40.3 Å². The standard InChI is InChI=1S/C17H21N3O2/c1-11-7-9-12(10-8-11)18-16(21)15-17(22)20(2)14-6-4-3-5-13(14)19-15/h3-6,11-12H,7-10H2,1-2H3,(H,18,21). The number of rotatable bonds is 2. The van der Waals surface area contributed by atoms with Gasteiger partial charge in [-0.05, 0) is 43.7 Å². The number of carbonyl (C=O) groups excluding carboxylic acids is 1. The number of para-hydroxylation sites is 2. The van der Waals surface area contributed by atoms with Crippen LogP contribution in [0.25, 0.3) is 11.0 Å². The van der Waals surface area contributed by atoms with Crippen molar-refractivity contribution in [3.63, 3.8) is 0 Å². The minimum Gasteiger partial charge on any atom is -0.348 e. The van der Waals surface area contributed by atoms with Crippen LogP contribution >= 0.6 is 0 Å². The van der Waals surface area contributed by atoms with E-state index in [-0.39, 0.29) is 23.2 Å². The molecule has 0 unspecified atom stereocenters. The van der Waals surface area contributed by atoms with Crippen molar-refractivity contribution < 1.29 is 4.79 Å². The molecule has 0 bridgehead atoms. The van der Waals surface area contributed by atoms with E-state index in [0.29, 0.717) is 5.52 Å². The fourth-order valence-electron chi connectivity index (χ4n) is 3.08. The summed E-state index contributed by atoms with van der Waals surface area (Å²) in [5.74, 6) is 0.366. The SMILES string of the molecule is CC1CCC(NC(=O)c2nc3ccccc3n(C)c2=O)CC1. The molecule has 1 heterocycles. The molecule has 1 aromatic carbocycles. The molecule has 1 aliphatic rings. The lowest BCUT2D eigenvalue weighted by Crippen LogP contribution is -2.41. The Kier molecular flexibility index (Phi) is 3.96. The van der Waals surface area contributed by atoms with Crippen LogP contribution in [0.15, 0.2) is 29.1 Å². The van der Waals surface area contributed by atoms with Gasteiger partial charge in [0, 0.05) is 13.1 Å². The van der Waals surface area contributed by atoms with Crippen molar-refractivity contribution >= 4 is 16.9 Å². The van der Waals surface area contributed by atoms with Crippen LogP contribution in [0, 0.1) is 5.92 Å². The topological polar surface area (TPSA) is 64.0 Å². The average Bonchev–Trinajstić information content (AvgIpc) is 2.53. The van der Waals surface area contributed by atoms with Crippen molar-refractivity contribution in [2.75, 3.05) is 0 Å². The molecule has 1 N–H and O–H groups in total. The average molecular weight is 299 g/mol. The van der Waals surface area contributed by atoms with Gasteiger partial charge >= 0.3 is 0 Å². The molecule has 0 radical (unpaired) electrons. The lowest BCUT2D eigenvalue weighted by Gasteiger charge is -2.26. The van der Waals surface area contributed by atoms with Crippen LogP contribution in [0.4, 0.5) is 0 Å². The number of nitrogens with one attached hydrogen (secondary N) is 1. The van der Waals surface area contributed by atoms with Crippen LogP contribution in [-0.4, -0.2) is 21.5 Å². The van der Waals surface area contributed by atoms with Gasteiger partial charge in [-0.15, -0.1) is 0 Å². The molecular formula is C17H21N3O2. The first-order chi connectivity index (χ1) is 10.6. The Hall–Kier alpha value is -2.17. The summed E-state index contributed by atoms with van der Waals surface area (Å²) in [7, 11) is 1.67. The highest BCUT2D eigenvalue weighted by molar-refractivity contribution is 5.94. The summed E-state index contributed by atoms with van der Waals surface area (Å²) < 4.78 is 1.49. The maximum absolute atomic E-state index is 12.4. The number of aromatic nitrogens is 2. The Labute approximate surface area is 129 Å². The second-order valence-electron chi connectivity index (χ2n) is 6.24. The monoisotopic (exact) mass is 299 g/mol. The van der Waals surface area contributed by atoms with Gasteiger partial charge in [0.05, 0.1) is 11.0 Å². The molecule has 2 aromatic rings. The van der Waals surface area contributed by atoms with E-state index in [2.05, 4.69) is 17.2 Å². The molecule has 1 fully saturated rings. The van der Waals surface area contributed by atoms with Gasteiger partial charge < -0.3 is 9.88 Å². The quantitative estimate of drug-likeness (QED) is 0.925. The molecule has 0 atom stereocenters. The van der Waals surface area contributed by atoms with Crippen LogP contribution < -0.4 is 10.9 Å². The summed E-state index contributed by atoms with van der Waals surface area (Å²) in [5, 5.41) is 2.97. The van der Waals surface area contributed by atoms with E-state index in [4.69, 9.17) is 0 Å². The smallest absolute Gasteiger partial charge is 0.282 e. The summed E-state index contributed by atoms with van der Waals surface area (Å²) >= 11 is 0. The normalized spacial score (nSPS) is 21.7. The molecular weight excluding hydrogens is 278 g/mol. The van der Waals surface area contributed by atoms with E-state index in [1.807, 2.05) is 24.3 Å². The largest absolute Gasteiger partial charge is 0.348 e. The summed E-state index contributed by atoms with van der Waals surface area (Å²) in [6.45, 7) is 2.23. The maximum atomic E-state index is 12.4. The first-order valence-electron chi connectivity index (χ1n) is 7.83. The lowest BCUT2D eigenvalue weighted by atomic mass is 9.87. The third-order valence-electron chi connectivity index (χ3n) is 4.55. The number of nitrogens with zero attached hydrogens (tertiary/aromatic N) is 2. The summed E-state index contributed by atoms with van der Waals surface area (Å²) in [4.78, 5) is 29.1. The Morgan fingerprint density at radius 2 is 1.91 bits per heavy atom. The van der Waals surface area contributed by atoms with Crippen LogP contribution in [0.1, 0.15) is 43.1 Å². The Morgan fingerprint density at radius 1 is 1.23 bits per heavy atom. The highest BCUT2D eigenvalue weighted by atomic mass is 16.2. The highest BCUT2D eigenvalue weighted by Crippen LogP contribution is 2.23. The van der Waals surface area contributed by atoms with Gasteiger partial charge in [0.15, 0.2) is 5.69 Å². The van der Waals surface area contributed by atoms with Gasteiger partial charge in [-0.3, -0.25) is 9.59 Å². The summed E-state index contributed by atoms with van der Waals surface area (Å²) in [6.07, 6.45) is 4.18. The summed E-state index contributed by atoms with van der Waals surface area (Å²) in [6, 6.07) is 7.50. The fraction of sp³-hybridized carbons (Fsp3) is 0.471. The number of carbonyl (C=O) groups is 1. The van der Waals surface area contributed by atoms with Gasteiger partial charge in [0.25, 0.3) is 11.5 Å².